The van der Waals surface area contributed by atoms with Crippen LogP contribution in [-0.4, -0.2) is 22.1 Å². The molecule has 0 radical (unpaired) electrons. The van der Waals surface area contributed by atoms with E-state index in [0.717, 1.165) is 0 Å². The Kier molecular flexibility index (Phi) is 5.80. The van der Waals surface area contributed by atoms with Gasteiger partial charge < -0.3 is 14.3 Å². The molecule has 1 unspecified atom stereocenters. The van der Waals surface area contributed by atoms with E-state index in [2.05, 4.69) is 5.32 Å². The van der Waals surface area contributed by atoms with Gasteiger partial charge in [-0.05, 0) is 53.6 Å². The predicted octanol–water partition coefficient (Wildman–Crippen LogP) is 3.66. The van der Waals surface area contributed by atoms with Gasteiger partial charge in [0.1, 0.15) is 17.3 Å². The summed E-state index contributed by atoms with van der Waals surface area (Å²) in [5, 5.41) is 2.90. The fourth-order valence-corrected chi connectivity index (χ4v) is 4.54. The summed E-state index contributed by atoms with van der Waals surface area (Å²) in [6.45, 7) is 0.0638. The van der Waals surface area contributed by atoms with Crippen LogP contribution in [0.4, 0.5) is 10.1 Å². The lowest BCUT2D eigenvalue weighted by atomic mass is 10.1. The molecule has 1 aliphatic rings. The van der Waals surface area contributed by atoms with Crippen LogP contribution in [0.2, 0.25) is 5.02 Å². The highest BCUT2D eigenvalue weighted by Gasteiger charge is 2.35. The van der Waals surface area contributed by atoms with Crippen molar-refractivity contribution in [1.82, 2.24) is 5.32 Å². The molecule has 0 saturated carbocycles. The van der Waals surface area contributed by atoms with Gasteiger partial charge in [0.25, 0.3) is 11.8 Å². The van der Waals surface area contributed by atoms with E-state index >= 15 is 0 Å². The number of fused-ring (bicyclic) bond motifs is 1. The van der Waals surface area contributed by atoms with Gasteiger partial charge in [-0.25, -0.2) is 4.39 Å². The Morgan fingerprint density at radius 3 is 2.83 bits per heavy atom. The first-order chi connectivity index (χ1) is 14.4. The van der Waals surface area contributed by atoms with Crippen LogP contribution in [0.15, 0.2) is 64.1 Å². The van der Waals surface area contributed by atoms with Crippen molar-refractivity contribution in [3.8, 4) is 0 Å². The maximum absolute atomic E-state index is 14.3. The summed E-state index contributed by atoms with van der Waals surface area (Å²) >= 11 is 4.56. The number of carbonyl (C=O) groups is 2. The van der Waals surface area contributed by atoms with Gasteiger partial charge in [0.15, 0.2) is 10.6 Å². The molecule has 0 saturated heterocycles. The summed E-state index contributed by atoms with van der Waals surface area (Å²) in [7, 11) is 0. The van der Waals surface area contributed by atoms with Crippen LogP contribution < -0.4 is 10.2 Å². The minimum atomic E-state index is -1.55. The van der Waals surface area contributed by atoms with Gasteiger partial charge in [-0.2, -0.15) is 0 Å². The average molecular weight is 447 g/mol. The number of hydrogen-bond donors (Lipinski definition) is 1. The summed E-state index contributed by atoms with van der Waals surface area (Å²) in [6.07, 6.45) is 1.51. The molecule has 2 aromatic carbocycles. The molecule has 6 nitrogen and oxygen atoms in total. The first-order valence-electron chi connectivity index (χ1n) is 9.00. The van der Waals surface area contributed by atoms with E-state index in [0.29, 0.717) is 16.3 Å². The lowest BCUT2D eigenvalue weighted by Crippen LogP contribution is -2.41. The zero-order valence-electron chi connectivity index (χ0n) is 15.6. The first kappa shape index (κ1) is 20.5. The molecule has 1 aliphatic heterocycles. The highest BCUT2D eigenvalue weighted by molar-refractivity contribution is 7.92. The summed E-state index contributed by atoms with van der Waals surface area (Å²) in [4.78, 5) is 26.9. The second kappa shape index (κ2) is 8.51. The minimum Gasteiger partial charge on any atom is -0.611 e. The van der Waals surface area contributed by atoms with E-state index in [1.54, 1.807) is 18.2 Å². The van der Waals surface area contributed by atoms with Crippen molar-refractivity contribution in [3.05, 3.63) is 82.5 Å². The molecular formula is C21H16ClFN2O4S. The summed E-state index contributed by atoms with van der Waals surface area (Å²) in [5.74, 6) is -0.997. The SMILES string of the molecule is O=C(NCc1ccco1)c1ccc2c(c1)N(Cc1c(F)cccc1Cl)C(=O)C[S+]2[O-]. The average Bonchev–Trinajstić information content (AvgIpc) is 3.24. The molecule has 4 rings (SSSR count). The number of halogens is 2. The number of furan rings is 1. The molecule has 0 fully saturated rings. The lowest BCUT2D eigenvalue weighted by molar-refractivity contribution is -0.116. The maximum Gasteiger partial charge on any atom is 0.277 e. The molecule has 3 aromatic rings. The largest absolute Gasteiger partial charge is 0.611 e. The number of anilines is 1. The standard InChI is InChI=1S/C21H16ClFN2O4S/c22-16-4-1-5-17(23)15(16)11-25-18-9-13(6-7-19(18)30(28)12-20(25)26)21(27)24-10-14-3-2-8-29-14/h1-9H,10-12H2,(H,24,27). The number of nitrogens with zero attached hydrogens (tertiary/aromatic N) is 1. The van der Waals surface area contributed by atoms with Crippen molar-refractivity contribution in [2.75, 3.05) is 10.7 Å². The van der Waals surface area contributed by atoms with Crippen molar-refractivity contribution < 1.29 is 22.9 Å². The normalized spacial score (nSPS) is 15.8. The summed E-state index contributed by atoms with van der Waals surface area (Å²) < 4.78 is 31.9. The second-order valence-electron chi connectivity index (χ2n) is 6.61. The van der Waals surface area contributed by atoms with Crippen LogP contribution in [0.5, 0.6) is 0 Å². The maximum atomic E-state index is 14.3. The summed E-state index contributed by atoms with van der Waals surface area (Å²) in [6, 6.07) is 12.3. The molecule has 0 aliphatic carbocycles. The predicted molar refractivity (Wildman–Crippen MR) is 110 cm³/mol. The monoisotopic (exact) mass is 446 g/mol. The number of amides is 2. The highest BCUT2D eigenvalue weighted by atomic mass is 35.5. The molecule has 1 atom stereocenters. The van der Waals surface area contributed by atoms with Crippen molar-refractivity contribution in [2.24, 2.45) is 0 Å². The van der Waals surface area contributed by atoms with Gasteiger partial charge in [0.2, 0.25) is 0 Å². The number of carbonyl (C=O) groups excluding carboxylic acids is 2. The van der Waals surface area contributed by atoms with Crippen LogP contribution in [-0.2, 0) is 29.1 Å². The molecule has 0 bridgehead atoms. The Hall–Kier alpha value is -2.81. The van der Waals surface area contributed by atoms with Gasteiger partial charge in [-0.15, -0.1) is 0 Å². The van der Waals surface area contributed by atoms with Gasteiger partial charge in [0.05, 0.1) is 19.4 Å². The fourth-order valence-electron chi connectivity index (χ4n) is 3.16. The second-order valence-corrected chi connectivity index (χ2v) is 8.44. The van der Waals surface area contributed by atoms with E-state index in [4.69, 9.17) is 16.0 Å². The molecule has 30 heavy (non-hydrogen) atoms. The Labute approximate surface area is 179 Å². The van der Waals surface area contributed by atoms with E-state index in [9.17, 15) is 18.5 Å². The van der Waals surface area contributed by atoms with Crippen LogP contribution in [0, 0.1) is 5.82 Å². The third-order valence-corrected chi connectivity index (χ3v) is 6.39. The van der Waals surface area contributed by atoms with E-state index in [1.165, 1.54) is 41.5 Å². The highest BCUT2D eigenvalue weighted by Crippen LogP contribution is 2.34. The Morgan fingerprint density at radius 2 is 2.10 bits per heavy atom. The van der Waals surface area contributed by atoms with Crippen molar-refractivity contribution in [2.45, 2.75) is 18.0 Å². The van der Waals surface area contributed by atoms with Crippen molar-refractivity contribution in [3.63, 3.8) is 0 Å². The molecule has 0 spiro atoms. The lowest BCUT2D eigenvalue weighted by Gasteiger charge is -2.30. The number of nitrogens with one attached hydrogen (secondary N) is 1. The van der Waals surface area contributed by atoms with Gasteiger partial charge >= 0.3 is 0 Å². The zero-order chi connectivity index (χ0) is 21.3. The van der Waals surface area contributed by atoms with Crippen molar-refractivity contribution in [1.29, 1.82) is 0 Å². The van der Waals surface area contributed by atoms with Crippen LogP contribution in [0.3, 0.4) is 0 Å². The topological polar surface area (TPSA) is 85.6 Å². The third-order valence-electron chi connectivity index (χ3n) is 4.69. The fraction of sp³-hybridized carbons (Fsp3) is 0.143. The van der Waals surface area contributed by atoms with Crippen LogP contribution in [0.1, 0.15) is 21.7 Å². The number of rotatable bonds is 5. The van der Waals surface area contributed by atoms with Gasteiger partial charge in [0, 0.05) is 16.1 Å². The smallest absolute Gasteiger partial charge is 0.277 e. The van der Waals surface area contributed by atoms with E-state index in [-0.39, 0.29) is 40.9 Å². The summed E-state index contributed by atoms with van der Waals surface area (Å²) in [5.41, 5.74) is 0.727. The Balaban J connectivity index is 1.64. The molecule has 2 heterocycles. The Morgan fingerprint density at radius 1 is 1.27 bits per heavy atom. The number of benzene rings is 2. The van der Waals surface area contributed by atoms with Crippen molar-refractivity contribution >= 4 is 40.3 Å². The van der Waals surface area contributed by atoms with E-state index in [1.807, 2.05) is 0 Å². The molecule has 1 N–H and O–H groups in total. The first-order valence-corrected chi connectivity index (χ1v) is 10.7. The van der Waals surface area contributed by atoms with Crippen LogP contribution in [0.25, 0.3) is 0 Å². The van der Waals surface area contributed by atoms with Crippen LogP contribution >= 0.6 is 11.6 Å². The molecule has 2 amide bonds. The van der Waals surface area contributed by atoms with Gasteiger partial charge in [-0.1, -0.05) is 17.7 Å². The van der Waals surface area contributed by atoms with E-state index < -0.39 is 22.9 Å². The quantitative estimate of drug-likeness (QED) is 0.606. The molecular weight excluding hydrogens is 431 g/mol. The van der Waals surface area contributed by atoms with Gasteiger partial charge in [-0.3, -0.25) is 14.5 Å². The zero-order valence-corrected chi connectivity index (χ0v) is 17.1. The molecule has 154 valence electrons. The third kappa shape index (κ3) is 4.07. The minimum absolute atomic E-state index is 0.133. The Bertz CT molecular complexity index is 1090. The molecule has 9 heteroatoms. The number of hydrogen-bond acceptors (Lipinski definition) is 4. The molecule has 1 aromatic heterocycles.